The lowest BCUT2D eigenvalue weighted by molar-refractivity contribution is -0.123. The second kappa shape index (κ2) is 7.19. The van der Waals surface area contributed by atoms with Gasteiger partial charge in [0.05, 0.1) is 4.88 Å². The Morgan fingerprint density at radius 1 is 1.04 bits per heavy atom. The molecule has 4 rings (SSSR count). The maximum absolute atomic E-state index is 13.0. The van der Waals surface area contributed by atoms with Crippen LogP contribution >= 0.6 is 11.3 Å². The van der Waals surface area contributed by atoms with Crippen LogP contribution in [0.2, 0.25) is 0 Å². The fraction of sp³-hybridized carbons (Fsp3) is 0.400. The summed E-state index contributed by atoms with van der Waals surface area (Å²) in [5.41, 5.74) is 5.90. The zero-order chi connectivity index (χ0) is 18.1. The van der Waals surface area contributed by atoms with Crippen LogP contribution in [0.3, 0.4) is 0 Å². The number of carbonyl (C=O) groups excluding carboxylic acids is 2. The highest BCUT2D eigenvalue weighted by Crippen LogP contribution is 2.49. The minimum Gasteiger partial charge on any atom is -0.273 e. The first-order chi connectivity index (χ1) is 12.6. The summed E-state index contributed by atoms with van der Waals surface area (Å²) < 4.78 is 13.0. The molecule has 1 heterocycles. The van der Waals surface area contributed by atoms with Gasteiger partial charge in [-0.15, -0.1) is 11.3 Å². The maximum atomic E-state index is 13.0. The molecule has 2 aliphatic carbocycles. The Morgan fingerprint density at radius 2 is 1.85 bits per heavy atom. The number of hydrogen-bond donors (Lipinski definition) is 2. The van der Waals surface area contributed by atoms with Crippen LogP contribution in [0, 0.1) is 23.6 Å². The number of nitrogens with one attached hydrogen (secondary N) is 2. The highest BCUT2D eigenvalue weighted by Gasteiger charge is 2.40. The Labute approximate surface area is 155 Å². The van der Waals surface area contributed by atoms with Gasteiger partial charge < -0.3 is 0 Å². The van der Waals surface area contributed by atoms with Crippen LogP contribution in [-0.2, 0) is 4.79 Å². The topological polar surface area (TPSA) is 58.2 Å². The SMILES string of the molecule is O=C(CC1CC2CCC1C2)NNC(=O)c1ccc(-c2ccc(F)cc2)s1. The molecular formula is C20H21FN2O2S. The number of hydrazine groups is 1. The minimum absolute atomic E-state index is 0.119. The maximum Gasteiger partial charge on any atom is 0.279 e. The third kappa shape index (κ3) is 3.65. The highest BCUT2D eigenvalue weighted by molar-refractivity contribution is 7.17. The molecule has 0 saturated heterocycles. The van der Waals surface area contributed by atoms with Gasteiger partial charge in [-0.05, 0) is 66.8 Å². The van der Waals surface area contributed by atoms with E-state index in [0.717, 1.165) is 22.8 Å². The highest BCUT2D eigenvalue weighted by atomic mass is 32.1. The van der Waals surface area contributed by atoms with Crippen molar-refractivity contribution in [3.8, 4) is 10.4 Å². The Balaban J connectivity index is 1.29. The fourth-order valence-electron chi connectivity index (χ4n) is 4.33. The van der Waals surface area contributed by atoms with Crippen molar-refractivity contribution in [1.29, 1.82) is 0 Å². The smallest absolute Gasteiger partial charge is 0.273 e. The quantitative estimate of drug-likeness (QED) is 0.793. The van der Waals surface area contributed by atoms with Crippen LogP contribution in [0.5, 0.6) is 0 Å². The van der Waals surface area contributed by atoms with Gasteiger partial charge in [0.25, 0.3) is 5.91 Å². The van der Waals surface area contributed by atoms with Gasteiger partial charge in [-0.1, -0.05) is 18.6 Å². The number of amides is 2. The lowest BCUT2D eigenvalue weighted by Gasteiger charge is -2.20. The first kappa shape index (κ1) is 17.2. The van der Waals surface area contributed by atoms with E-state index in [1.807, 2.05) is 6.07 Å². The summed E-state index contributed by atoms with van der Waals surface area (Å²) in [5.74, 6) is 1.23. The van der Waals surface area contributed by atoms with Crippen LogP contribution in [0.4, 0.5) is 4.39 Å². The molecule has 3 unspecified atom stereocenters. The van der Waals surface area contributed by atoms with Crippen molar-refractivity contribution in [2.24, 2.45) is 17.8 Å². The van der Waals surface area contributed by atoms with E-state index in [1.54, 1.807) is 18.2 Å². The average Bonchev–Trinajstić information content (AvgIpc) is 3.37. The van der Waals surface area contributed by atoms with Gasteiger partial charge >= 0.3 is 0 Å². The predicted molar refractivity (Wildman–Crippen MR) is 98.9 cm³/mol. The summed E-state index contributed by atoms with van der Waals surface area (Å²) in [6.07, 6.45) is 5.47. The fourth-order valence-corrected chi connectivity index (χ4v) is 5.24. The van der Waals surface area contributed by atoms with Crippen LogP contribution in [-0.4, -0.2) is 11.8 Å². The van der Waals surface area contributed by atoms with E-state index in [-0.39, 0.29) is 17.6 Å². The molecule has 0 aliphatic heterocycles. The van der Waals surface area contributed by atoms with Gasteiger partial charge in [-0.2, -0.15) is 0 Å². The van der Waals surface area contributed by atoms with Gasteiger partial charge in [0.15, 0.2) is 0 Å². The molecule has 0 radical (unpaired) electrons. The van der Waals surface area contributed by atoms with Gasteiger partial charge in [0.2, 0.25) is 5.91 Å². The number of halogens is 1. The second-order valence-electron chi connectivity index (χ2n) is 7.31. The second-order valence-corrected chi connectivity index (χ2v) is 8.40. The van der Waals surface area contributed by atoms with E-state index >= 15 is 0 Å². The molecular weight excluding hydrogens is 351 g/mol. The summed E-state index contributed by atoms with van der Waals surface area (Å²) in [7, 11) is 0. The van der Waals surface area contributed by atoms with E-state index in [2.05, 4.69) is 10.9 Å². The van der Waals surface area contributed by atoms with Crippen LogP contribution in [0.1, 0.15) is 41.8 Å². The summed E-state index contributed by atoms with van der Waals surface area (Å²) >= 11 is 1.31. The van der Waals surface area contributed by atoms with Crippen molar-refractivity contribution in [2.75, 3.05) is 0 Å². The number of benzene rings is 1. The van der Waals surface area contributed by atoms with Crippen LogP contribution in [0.15, 0.2) is 36.4 Å². The lowest BCUT2D eigenvalue weighted by atomic mass is 9.86. The van der Waals surface area contributed by atoms with E-state index in [4.69, 9.17) is 0 Å². The van der Waals surface area contributed by atoms with Gasteiger partial charge in [0.1, 0.15) is 5.82 Å². The summed E-state index contributed by atoms with van der Waals surface area (Å²) in [4.78, 5) is 25.7. The lowest BCUT2D eigenvalue weighted by Crippen LogP contribution is -2.42. The van der Waals surface area contributed by atoms with Gasteiger partial charge in [-0.3, -0.25) is 20.4 Å². The summed E-state index contributed by atoms with van der Waals surface area (Å²) in [6, 6.07) is 9.68. The third-order valence-corrected chi connectivity index (χ3v) is 6.74. The normalized spacial score (nSPS) is 23.8. The Kier molecular flexibility index (Phi) is 4.76. The van der Waals surface area contributed by atoms with E-state index in [9.17, 15) is 14.0 Å². The van der Waals surface area contributed by atoms with Crippen molar-refractivity contribution in [2.45, 2.75) is 32.1 Å². The predicted octanol–water partition coefficient (Wildman–Crippen LogP) is 4.14. The van der Waals surface area contributed by atoms with Gasteiger partial charge in [0, 0.05) is 11.3 Å². The van der Waals surface area contributed by atoms with Crippen molar-refractivity contribution in [1.82, 2.24) is 10.9 Å². The van der Waals surface area contributed by atoms with Gasteiger partial charge in [-0.25, -0.2) is 4.39 Å². The van der Waals surface area contributed by atoms with E-state index in [1.165, 1.54) is 42.7 Å². The largest absolute Gasteiger partial charge is 0.279 e. The molecule has 4 nitrogen and oxygen atoms in total. The molecule has 2 amide bonds. The molecule has 2 saturated carbocycles. The Bertz CT molecular complexity index is 817. The Hall–Kier alpha value is -2.21. The molecule has 2 fully saturated rings. The molecule has 2 bridgehead atoms. The molecule has 1 aromatic heterocycles. The summed E-state index contributed by atoms with van der Waals surface area (Å²) in [5, 5.41) is 0. The third-order valence-electron chi connectivity index (χ3n) is 5.61. The first-order valence-electron chi connectivity index (χ1n) is 9.03. The zero-order valence-corrected chi connectivity index (χ0v) is 15.2. The average molecular weight is 372 g/mol. The monoisotopic (exact) mass is 372 g/mol. The number of rotatable bonds is 4. The number of carbonyl (C=O) groups is 2. The van der Waals surface area contributed by atoms with E-state index < -0.39 is 0 Å². The molecule has 0 spiro atoms. The number of fused-ring (bicyclic) bond motifs is 2. The van der Waals surface area contributed by atoms with Crippen LogP contribution in [0.25, 0.3) is 10.4 Å². The molecule has 2 N–H and O–H groups in total. The molecule has 2 aliphatic rings. The molecule has 26 heavy (non-hydrogen) atoms. The van der Waals surface area contributed by atoms with Crippen molar-refractivity contribution in [3.05, 3.63) is 47.1 Å². The minimum atomic E-state index is -0.329. The number of thiophene rings is 1. The first-order valence-corrected chi connectivity index (χ1v) is 9.85. The van der Waals surface area contributed by atoms with Crippen molar-refractivity contribution in [3.63, 3.8) is 0 Å². The zero-order valence-electron chi connectivity index (χ0n) is 14.3. The van der Waals surface area contributed by atoms with Crippen molar-refractivity contribution < 1.29 is 14.0 Å². The Morgan fingerprint density at radius 3 is 2.54 bits per heavy atom. The summed E-state index contributed by atoms with van der Waals surface area (Å²) in [6.45, 7) is 0. The molecule has 1 aromatic carbocycles. The van der Waals surface area contributed by atoms with Crippen LogP contribution < -0.4 is 10.9 Å². The standard InChI is InChI=1S/C20H21FN2O2S/c21-16-5-3-13(4-6-16)17-7-8-18(26-17)20(25)23-22-19(24)11-15-10-12-1-2-14(15)9-12/h3-8,12,14-15H,1-2,9-11H2,(H,22,24)(H,23,25). The number of hydrogen-bond acceptors (Lipinski definition) is 3. The molecule has 3 atom stereocenters. The molecule has 2 aromatic rings. The molecule has 6 heteroatoms. The molecule has 136 valence electrons. The van der Waals surface area contributed by atoms with E-state index in [0.29, 0.717) is 23.1 Å². The van der Waals surface area contributed by atoms with Crippen molar-refractivity contribution >= 4 is 23.2 Å².